The number of fused-ring (bicyclic) bond motifs is 1. The molecule has 1 aliphatic carbocycles. The zero-order valence-electron chi connectivity index (χ0n) is 16.5. The molecule has 0 spiro atoms. The van der Waals surface area contributed by atoms with Crippen LogP contribution in [-0.2, 0) is 11.3 Å². The molecule has 28 heavy (non-hydrogen) atoms. The van der Waals surface area contributed by atoms with Crippen molar-refractivity contribution < 1.29 is 9.53 Å². The molecule has 0 unspecified atom stereocenters. The molecule has 1 saturated carbocycles. The predicted octanol–water partition coefficient (Wildman–Crippen LogP) is 4.18. The van der Waals surface area contributed by atoms with E-state index < -0.39 is 11.6 Å². The minimum Gasteiger partial charge on any atom is -0.455 e. The Bertz CT molecular complexity index is 913. The summed E-state index contributed by atoms with van der Waals surface area (Å²) in [6, 6.07) is 0. The molecular weight excluding hydrogens is 376 g/mol. The van der Waals surface area contributed by atoms with E-state index in [0.29, 0.717) is 18.3 Å². The second kappa shape index (κ2) is 7.24. The number of carbonyl (C=O) groups is 1. The fraction of sp³-hybridized carbons (Fsp3) is 0.476. The number of ether oxygens (including phenoxy) is 1. The number of allylic oxidation sites excluding steroid dienone is 5. The second-order valence-electron chi connectivity index (χ2n) is 8.50. The summed E-state index contributed by atoms with van der Waals surface area (Å²) in [6.07, 6.45) is 13.8. The van der Waals surface area contributed by atoms with Gasteiger partial charge in [0, 0.05) is 24.0 Å². The van der Waals surface area contributed by atoms with Gasteiger partial charge in [-0.1, -0.05) is 17.4 Å². The maximum atomic E-state index is 12.1. The maximum Gasteiger partial charge on any atom is 0.361 e. The Morgan fingerprint density at radius 1 is 1.32 bits per heavy atom. The van der Waals surface area contributed by atoms with Gasteiger partial charge in [-0.15, -0.1) is 16.7 Å². The molecule has 1 aromatic rings. The van der Waals surface area contributed by atoms with Crippen LogP contribution in [0.1, 0.15) is 50.5 Å². The van der Waals surface area contributed by atoms with Crippen molar-refractivity contribution in [1.82, 2.24) is 19.9 Å². The summed E-state index contributed by atoms with van der Waals surface area (Å²) < 4.78 is 7.03. The van der Waals surface area contributed by atoms with Crippen molar-refractivity contribution >= 4 is 17.6 Å². The summed E-state index contributed by atoms with van der Waals surface area (Å²) in [6.45, 7) is 6.07. The van der Waals surface area contributed by atoms with Gasteiger partial charge in [-0.2, -0.15) is 0 Å². The molecule has 0 saturated heterocycles. The molecule has 0 atom stereocenters. The molecule has 4 rings (SSSR count). The normalized spacial score (nSPS) is 19.4. The van der Waals surface area contributed by atoms with Gasteiger partial charge >= 0.3 is 5.97 Å². The lowest BCUT2D eigenvalue weighted by atomic mass is 9.98. The quantitative estimate of drug-likeness (QED) is 0.548. The van der Waals surface area contributed by atoms with Gasteiger partial charge in [0.25, 0.3) is 0 Å². The Labute approximate surface area is 170 Å². The number of hydrogen-bond donors (Lipinski definition) is 0. The summed E-state index contributed by atoms with van der Waals surface area (Å²) in [5.74, 6) is 0.728. The van der Waals surface area contributed by atoms with Crippen molar-refractivity contribution in [3.8, 4) is 0 Å². The van der Waals surface area contributed by atoms with E-state index in [-0.39, 0.29) is 5.69 Å². The van der Waals surface area contributed by atoms with Gasteiger partial charge in [0.2, 0.25) is 0 Å². The van der Waals surface area contributed by atoms with Gasteiger partial charge in [0.05, 0.1) is 12.7 Å². The van der Waals surface area contributed by atoms with Crippen molar-refractivity contribution in [3.05, 3.63) is 58.9 Å². The molecule has 6 nitrogen and oxygen atoms in total. The molecular formula is C21H25ClN4O2. The fourth-order valence-corrected chi connectivity index (χ4v) is 3.60. The average Bonchev–Trinajstić information content (AvgIpc) is 3.38. The molecule has 0 bridgehead atoms. The summed E-state index contributed by atoms with van der Waals surface area (Å²) in [7, 11) is 0. The second-order valence-corrected chi connectivity index (χ2v) is 8.77. The average molecular weight is 401 g/mol. The molecule has 1 aromatic heterocycles. The number of aromatic nitrogens is 3. The van der Waals surface area contributed by atoms with Crippen LogP contribution in [0.2, 0.25) is 0 Å². The predicted molar refractivity (Wildman–Crippen MR) is 107 cm³/mol. The Morgan fingerprint density at radius 3 is 2.79 bits per heavy atom. The van der Waals surface area contributed by atoms with Crippen LogP contribution in [0.25, 0.3) is 0 Å². The van der Waals surface area contributed by atoms with E-state index in [2.05, 4.69) is 39.8 Å². The van der Waals surface area contributed by atoms with Crippen molar-refractivity contribution in [2.24, 2.45) is 5.92 Å². The number of halogens is 1. The summed E-state index contributed by atoms with van der Waals surface area (Å²) in [5.41, 5.74) is 4.56. The smallest absolute Gasteiger partial charge is 0.361 e. The topological polar surface area (TPSA) is 60.2 Å². The van der Waals surface area contributed by atoms with Gasteiger partial charge in [-0.05, 0) is 62.7 Å². The third kappa shape index (κ3) is 4.22. The standard InChI is InChI=1S/C21H25ClN4O2/c1-21(2,3)28-20(27)18-13-26(24-23-18)11-14-4-7-19-16(9-22)8-17(15-5-6-15)12-25(19)10-14/h7-8,10,12-13,15H,4-6,9,11H2,1-3H3. The van der Waals surface area contributed by atoms with E-state index >= 15 is 0 Å². The van der Waals surface area contributed by atoms with Gasteiger partial charge in [0.1, 0.15) is 5.60 Å². The molecule has 0 amide bonds. The Kier molecular flexibility index (Phi) is 4.91. The highest BCUT2D eigenvalue weighted by atomic mass is 35.5. The van der Waals surface area contributed by atoms with Crippen LogP contribution >= 0.6 is 11.6 Å². The molecule has 1 fully saturated rings. The minimum atomic E-state index is -0.554. The lowest BCUT2D eigenvalue weighted by Gasteiger charge is -2.31. The zero-order chi connectivity index (χ0) is 19.9. The van der Waals surface area contributed by atoms with Crippen LogP contribution in [0.15, 0.2) is 53.2 Å². The van der Waals surface area contributed by atoms with Crippen LogP contribution < -0.4 is 0 Å². The largest absolute Gasteiger partial charge is 0.455 e. The summed E-state index contributed by atoms with van der Waals surface area (Å²) in [4.78, 5) is 14.3. The van der Waals surface area contributed by atoms with Gasteiger partial charge in [-0.3, -0.25) is 0 Å². The highest BCUT2D eigenvalue weighted by molar-refractivity contribution is 6.19. The SMILES string of the molecule is CC(C)(C)OC(=O)c1cn(CC2=CN3C=C(C4CC4)C=C(CCl)C3=CC2)nn1. The molecule has 0 radical (unpaired) electrons. The molecule has 148 valence electrons. The number of esters is 1. The van der Waals surface area contributed by atoms with Crippen LogP contribution in [-0.4, -0.2) is 37.3 Å². The van der Waals surface area contributed by atoms with Crippen LogP contribution in [0, 0.1) is 5.92 Å². The van der Waals surface area contributed by atoms with Crippen LogP contribution in [0.5, 0.6) is 0 Å². The molecule has 3 aliphatic rings. The van der Waals surface area contributed by atoms with E-state index in [9.17, 15) is 4.79 Å². The van der Waals surface area contributed by atoms with Gasteiger partial charge in [0.15, 0.2) is 5.69 Å². The number of nitrogens with zero attached hydrogens (tertiary/aromatic N) is 4. The monoisotopic (exact) mass is 400 g/mol. The minimum absolute atomic E-state index is 0.226. The number of hydrogen-bond acceptors (Lipinski definition) is 5. The third-order valence-electron chi connectivity index (χ3n) is 4.82. The molecule has 0 aromatic carbocycles. The zero-order valence-corrected chi connectivity index (χ0v) is 17.2. The maximum absolute atomic E-state index is 12.1. The molecule has 0 N–H and O–H groups in total. The number of carbonyl (C=O) groups excluding carboxylic acids is 1. The highest BCUT2D eigenvalue weighted by Gasteiger charge is 2.29. The lowest BCUT2D eigenvalue weighted by Crippen LogP contribution is -2.24. The summed E-state index contributed by atoms with van der Waals surface area (Å²) >= 11 is 6.19. The van der Waals surface area contributed by atoms with E-state index in [1.807, 2.05) is 20.8 Å². The van der Waals surface area contributed by atoms with Crippen LogP contribution in [0.3, 0.4) is 0 Å². The van der Waals surface area contributed by atoms with E-state index in [1.54, 1.807) is 10.9 Å². The van der Waals surface area contributed by atoms with Crippen LogP contribution in [0.4, 0.5) is 0 Å². The molecule has 7 heteroatoms. The van der Waals surface area contributed by atoms with Gasteiger partial charge < -0.3 is 9.64 Å². The Balaban J connectivity index is 1.47. The number of alkyl halides is 1. The number of rotatable bonds is 5. The van der Waals surface area contributed by atoms with Crippen molar-refractivity contribution in [2.75, 3.05) is 5.88 Å². The van der Waals surface area contributed by atoms with Crippen molar-refractivity contribution in [1.29, 1.82) is 0 Å². The first-order valence-corrected chi connectivity index (χ1v) is 10.2. The lowest BCUT2D eigenvalue weighted by molar-refractivity contribution is 0.00627. The third-order valence-corrected chi connectivity index (χ3v) is 5.11. The first kappa shape index (κ1) is 19.0. The van der Waals surface area contributed by atoms with Crippen molar-refractivity contribution in [3.63, 3.8) is 0 Å². The van der Waals surface area contributed by atoms with E-state index in [0.717, 1.165) is 12.1 Å². The Hall–Kier alpha value is -2.34. The summed E-state index contributed by atoms with van der Waals surface area (Å²) in [5, 5.41) is 8.05. The highest BCUT2D eigenvalue weighted by Crippen LogP contribution is 2.42. The Morgan fingerprint density at radius 2 is 2.11 bits per heavy atom. The van der Waals surface area contributed by atoms with Crippen molar-refractivity contribution in [2.45, 2.75) is 52.2 Å². The van der Waals surface area contributed by atoms with E-state index in [1.165, 1.54) is 29.6 Å². The van der Waals surface area contributed by atoms with Gasteiger partial charge in [-0.25, -0.2) is 9.48 Å². The van der Waals surface area contributed by atoms with E-state index in [4.69, 9.17) is 16.3 Å². The fourth-order valence-electron chi connectivity index (χ4n) is 3.39. The first-order chi connectivity index (χ1) is 13.3. The molecule has 2 aliphatic heterocycles. The first-order valence-electron chi connectivity index (χ1n) is 9.62. The molecule has 3 heterocycles.